The van der Waals surface area contributed by atoms with Crippen LogP contribution in [0.3, 0.4) is 0 Å². The van der Waals surface area contributed by atoms with Crippen LogP contribution in [0.5, 0.6) is 0 Å². The summed E-state index contributed by atoms with van der Waals surface area (Å²) in [7, 11) is 0. The molecule has 0 aliphatic heterocycles. The normalized spacial score (nSPS) is 16.8. The van der Waals surface area contributed by atoms with Crippen LogP contribution in [0, 0.1) is 9.49 Å². The Bertz CT molecular complexity index is 330. The molecule has 0 aromatic carbocycles. The maximum atomic E-state index is 5.92. The fourth-order valence-corrected chi connectivity index (χ4v) is 2.15. The van der Waals surface area contributed by atoms with Crippen molar-refractivity contribution < 1.29 is 0 Å². The summed E-state index contributed by atoms with van der Waals surface area (Å²) < 4.78 is 0.739. The minimum atomic E-state index is 0.472. The minimum absolute atomic E-state index is 0.472. The minimum Gasteiger partial charge on any atom is -0.220 e. The number of aromatic nitrogens is 2. The van der Waals surface area contributed by atoms with Crippen LogP contribution >= 0.6 is 45.8 Å². The SMILES string of the molecule is Clc1nc(CC2CCC2)nc(Cl)c1I. The molecule has 0 bridgehead atoms. The second-order valence-electron chi connectivity index (χ2n) is 3.54. The molecule has 76 valence electrons. The lowest BCUT2D eigenvalue weighted by atomic mass is 9.83. The molecule has 0 N–H and O–H groups in total. The van der Waals surface area contributed by atoms with Crippen LogP contribution in [0.4, 0.5) is 0 Å². The van der Waals surface area contributed by atoms with E-state index in [0.717, 1.165) is 21.7 Å². The quantitative estimate of drug-likeness (QED) is 0.604. The van der Waals surface area contributed by atoms with Gasteiger partial charge in [0.05, 0.1) is 3.57 Å². The highest BCUT2D eigenvalue weighted by Crippen LogP contribution is 2.30. The Morgan fingerprint density at radius 1 is 1.21 bits per heavy atom. The molecule has 0 saturated heterocycles. The lowest BCUT2D eigenvalue weighted by molar-refractivity contribution is 0.309. The maximum absolute atomic E-state index is 5.92. The van der Waals surface area contributed by atoms with E-state index in [1.54, 1.807) is 0 Å². The molecule has 2 nitrogen and oxygen atoms in total. The molecule has 14 heavy (non-hydrogen) atoms. The molecule has 1 aliphatic rings. The predicted molar refractivity (Wildman–Crippen MR) is 65.8 cm³/mol. The van der Waals surface area contributed by atoms with Gasteiger partial charge in [0, 0.05) is 6.42 Å². The summed E-state index contributed by atoms with van der Waals surface area (Å²) in [6.45, 7) is 0. The van der Waals surface area contributed by atoms with E-state index >= 15 is 0 Å². The lowest BCUT2D eigenvalue weighted by Crippen LogP contribution is -2.15. The first-order valence-electron chi connectivity index (χ1n) is 4.54. The van der Waals surface area contributed by atoms with Crippen LogP contribution in [0.25, 0.3) is 0 Å². The van der Waals surface area contributed by atoms with Crippen molar-refractivity contribution in [2.75, 3.05) is 0 Å². The number of rotatable bonds is 2. The molecule has 1 fully saturated rings. The molecule has 1 heterocycles. The summed E-state index contributed by atoms with van der Waals surface area (Å²) in [6, 6.07) is 0. The third-order valence-electron chi connectivity index (χ3n) is 2.51. The van der Waals surface area contributed by atoms with E-state index in [0.29, 0.717) is 10.3 Å². The van der Waals surface area contributed by atoms with Gasteiger partial charge in [-0.25, -0.2) is 9.97 Å². The van der Waals surface area contributed by atoms with E-state index in [2.05, 4.69) is 32.6 Å². The third-order valence-corrected chi connectivity index (χ3v) is 4.72. The zero-order valence-corrected chi connectivity index (χ0v) is 11.1. The molecule has 0 radical (unpaired) electrons. The smallest absolute Gasteiger partial charge is 0.147 e. The highest BCUT2D eigenvalue weighted by atomic mass is 127. The number of halogens is 3. The second kappa shape index (κ2) is 4.49. The van der Waals surface area contributed by atoms with Gasteiger partial charge in [0.25, 0.3) is 0 Å². The van der Waals surface area contributed by atoms with E-state index in [1.165, 1.54) is 19.3 Å². The molecular weight excluding hydrogens is 334 g/mol. The summed E-state index contributed by atoms with van der Waals surface area (Å²) in [4.78, 5) is 8.44. The van der Waals surface area contributed by atoms with Gasteiger partial charge in [-0.05, 0) is 28.5 Å². The molecule has 1 aliphatic carbocycles. The van der Waals surface area contributed by atoms with Crippen LogP contribution < -0.4 is 0 Å². The Morgan fingerprint density at radius 2 is 1.79 bits per heavy atom. The van der Waals surface area contributed by atoms with Crippen molar-refractivity contribution in [2.24, 2.45) is 5.92 Å². The lowest BCUT2D eigenvalue weighted by Gasteiger charge is -2.24. The molecular formula is C9H9Cl2IN2. The Balaban J connectivity index is 2.17. The molecule has 1 saturated carbocycles. The average molecular weight is 343 g/mol. The van der Waals surface area contributed by atoms with E-state index in [9.17, 15) is 0 Å². The molecule has 0 amide bonds. The first kappa shape index (κ1) is 10.9. The topological polar surface area (TPSA) is 25.8 Å². The number of hydrogen-bond acceptors (Lipinski definition) is 2. The summed E-state index contributed by atoms with van der Waals surface area (Å²) in [6.07, 6.45) is 4.81. The molecule has 5 heteroatoms. The first-order valence-corrected chi connectivity index (χ1v) is 6.37. The summed E-state index contributed by atoms with van der Waals surface area (Å²) in [5.41, 5.74) is 0. The maximum Gasteiger partial charge on any atom is 0.147 e. The third kappa shape index (κ3) is 2.31. The average Bonchev–Trinajstić information content (AvgIpc) is 2.07. The van der Waals surface area contributed by atoms with Gasteiger partial charge in [0.2, 0.25) is 0 Å². The second-order valence-corrected chi connectivity index (χ2v) is 5.33. The van der Waals surface area contributed by atoms with E-state index < -0.39 is 0 Å². The van der Waals surface area contributed by atoms with Gasteiger partial charge < -0.3 is 0 Å². The van der Waals surface area contributed by atoms with Gasteiger partial charge in [-0.1, -0.05) is 42.5 Å². The summed E-state index contributed by atoms with van der Waals surface area (Å²) in [5, 5.41) is 0.944. The van der Waals surface area contributed by atoms with Gasteiger partial charge in [-0.3, -0.25) is 0 Å². The highest BCUT2D eigenvalue weighted by molar-refractivity contribution is 14.1. The van der Waals surface area contributed by atoms with Gasteiger partial charge in [0.15, 0.2) is 0 Å². The van der Waals surface area contributed by atoms with E-state index in [4.69, 9.17) is 23.2 Å². The van der Waals surface area contributed by atoms with Crippen molar-refractivity contribution in [1.82, 2.24) is 9.97 Å². The molecule has 1 aromatic heterocycles. The van der Waals surface area contributed by atoms with Crippen LogP contribution in [-0.2, 0) is 6.42 Å². The van der Waals surface area contributed by atoms with Gasteiger partial charge in [-0.2, -0.15) is 0 Å². The first-order chi connectivity index (χ1) is 6.66. The number of nitrogens with zero attached hydrogens (tertiary/aromatic N) is 2. The zero-order valence-electron chi connectivity index (χ0n) is 7.43. The predicted octanol–water partition coefficient (Wildman–Crippen LogP) is 3.73. The molecule has 1 aromatic rings. The van der Waals surface area contributed by atoms with Crippen molar-refractivity contribution in [1.29, 1.82) is 0 Å². The Morgan fingerprint density at radius 3 is 2.21 bits per heavy atom. The fourth-order valence-electron chi connectivity index (χ4n) is 1.48. The van der Waals surface area contributed by atoms with Crippen LogP contribution in [0.15, 0.2) is 0 Å². The largest absolute Gasteiger partial charge is 0.220 e. The summed E-state index contributed by atoms with van der Waals surface area (Å²) >= 11 is 13.9. The van der Waals surface area contributed by atoms with Crippen molar-refractivity contribution >= 4 is 45.8 Å². The van der Waals surface area contributed by atoms with Crippen LogP contribution in [-0.4, -0.2) is 9.97 Å². The van der Waals surface area contributed by atoms with Crippen LogP contribution in [0.2, 0.25) is 10.3 Å². The monoisotopic (exact) mass is 342 g/mol. The standard InChI is InChI=1S/C9H9Cl2IN2/c10-8-7(12)9(11)14-6(13-8)4-5-2-1-3-5/h5H,1-4H2. The molecule has 0 unspecified atom stereocenters. The van der Waals surface area contributed by atoms with Crippen molar-refractivity contribution in [3.63, 3.8) is 0 Å². The van der Waals surface area contributed by atoms with Gasteiger partial charge in [-0.15, -0.1) is 0 Å². The van der Waals surface area contributed by atoms with Crippen molar-refractivity contribution in [3.05, 3.63) is 19.7 Å². The van der Waals surface area contributed by atoms with Crippen molar-refractivity contribution in [2.45, 2.75) is 25.7 Å². The highest BCUT2D eigenvalue weighted by Gasteiger charge is 2.20. The molecule has 0 spiro atoms. The zero-order chi connectivity index (χ0) is 10.1. The number of hydrogen-bond donors (Lipinski definition) is 0. The van der Waals surface area contributed by atoms with Crippen LogP contribution in [0.1, 0.15) is 25.1 Å². The van der Waals surface area contributed by atoms with E-state index in [-0.39, 0.29) is 0 Å². The fraction of sp³-hybridized carbons (Fsp3) is 0.556. The Kier molecular flexibility index (Phi) is 3.50. The molecule has 0 atom stereocenters. The van der Waals surface area contributed by atoms with Gasteiger partial charge >= 0.3 is 0 Å². The Labute approximate surface area is 107 Å². The molecule has 2 rings (SSSR count). The van der Waals surface area contributed by atoms with E-state index in [1.807, 2.05) is 0 Å². The summed E-state index contributed by atoms with van der Waals surface area (Å²) in [5.74, 6) is 1.52. The van der Waals surface area contributed by atoms with Crippen molar-refractivity contribution in [3.8, 4) is 0 Å². The Hall–Kier alpha value is 0.390. The van der Waals surface area contributed by atoms with Gasteiger partial charge in [0.1, 0.15) is 16.1 Å².